The van der Waals surface area contributed by atoms with E-state index in [1.54, 1.807) is 0 Å². The number of nitrogens with one attached hydrogen (secondary N) is 2. The van der Waals surface area contributed by atoms with Crippen molar-refractivity contribution in [3.8, 4) is 11.3 Å². The minimum absolute atomic E-state index is 0.0327. The molecule has 3 atom stereocenters. The van der Waals surface area contributed by atoms with Gasteiger partial charge in [-0.2, -0.15) is 5.10 Å². The molecule has 4 aliphatic rings. The van der Waals surface area contributed by atoms with Gasteiger partial charge in [0, 0.05) is 46.9 Å². The van der Waals surface area contributed by atoms with Crippen LogP contribution < -0.4 is 21.3 Å². The van der Waals surface area contributed by atoms with Crippen LogP contribution in [-0.4, -0.2) is 41.7 Å². The largest absolute Gasteiger partial charge is 0.446 e. The summed E-state index contributed by atoms with van der Waals surface area (Å²) < 4.78 is 14.1. The number of hydrogen-bond acceptors (Lipinski definition) is 5. The second kappa shape index (κ2) is 10.0. The van der Waals surface area contributed by atoms with E-state index in [0.29, 0.717) is 24.5 Å². The van der Waals surface area contributed by atoms with Crippen molar-refractivity contribution >= 4 is 29.6 Å². The van der Waals surface area contributed by atoms with Crippen LogP contribution in [0.5, 0.6) is 0 Å². The number of hydrazone groups is 1. The van der Waals surface area contributed by atoms with Gasteiger partial charge in [-0.25, -0.2) is 4.79 Å². The Kier molecular flexibility index (Phi) is 6.57. The van der Waals surface area contributed by atoms with Crippen LogP contribution in [0.15, 0.2) is 29.4 Å². The Bertz CT molecular complexity index is 1320. The van der Waals surface area contributed by atoms with Crippen molar-refractivity contribution in [2.75, 3.05) is 18.5 Å². The lowest BCUT2D eigenvalue weighted by Crippen LogP contribution is -2.39. The molecule has 7 heteroatoms. The lowest BCUT2D eigenvalue weighted by atomic mass is 9.91. The predicted molar refractivity (Wildman–Crippen MR) is 147 cm³/mol. The minimum atomic E-state index is -0.382. The summed E-state index contributed by atoms with van der Waals surface area (Å²) in [5.41, 5.74) is 8.70. The fourth-order valence-electron chi connectivity index (χ4n) is 5.84. The third kappa shape index (κ3) is 4.70. The zero-order valence-electron chi connectivity index (χ0n) is 22.1. The number of carbonyl (C=O) groups excluding carboxylic acids is 1. The summed E-state index contributed by atoms with van der Waals surface area (Å²) in [4.78, 5) is 12.4. The van der Waals surface area contributed by atoms with Gasteiger partial charge in [-0.1, -0.05) is 25.1 Å². The van der Waals surface area contributed by atoms with E-state index < -0.39 is 0 Å². The number of amides is 1. The van der Waals surface area contributed by atoms with Crippen molar-refractivity contribution in [1.29, 1.82) is 0 Å². The summed E-state index contributed by atoms with van der Waals surface area (Å²) in [6.07, 6.45) is 11.2. The number of nitrogens with zero attached hydrogens (tertiary/aromatic N) is 2. The first-order chi connectivity index (χ1) is 18.0. The molecular weight excluding hydrogens is 464 g/mol. The normalized spacial score (nSPS) is 23.6. The molecule has 3 aliphatic carbocycles. The van der Waals surface area contributed by atoms with Crippen LogP contribution in [0.4, 0.5) is 10.5 Å². The molecule has 1 aromatic heterocycles. The molecule has 2 fully saturated rings. The van der Waals surface area contributed by atoms with Crippen molar-refractivity contribution in [3.63, 3.8) is 0 Å². The fraction of sp³-hybridized carbons (Fsp3) is 0.533. The molecule has 0 bridgehead atoms. The molecule has 1 aromatic carbocycles. The maximum atomic E-state index is 12.4. The van der Waals surface area contributed by atoms with Crippen molar-refractivity contribution < 1.29 is 14.3 Å². The molecule has 2 N–H and O–H groups in total. The molecule has 2 aromatic rings. The highest BCUT2D eigenvalue weighted by Gasteiger charge is 2.33. The van der Waals surface area contributed by atoms with Crippen molar-refractivity contribution in [2.24, 2.45) is 16.9 Å². The molecule has 2 saturated carbocycles. The van der Waals surface area contributed by atoms with E-state index in [1.165, 1.54) is 41.1 Å². The molecule has 0 radical (unpaired) electrons. The lowest BCUT2D eigenvalue weighted by molar-refractivity contribution is 0.108. The molecule has 7 nitrogen and oxygen atoms in total. The van der Waals surface area contributed by atoms with E-state index in [4.69, 9.17) is 14.6 Å². The second-order valence-corrected chi connectivity index (χ2v) is 11.0. The van der Waals surface area contributed by atoms with E-state index in [2.05, 4.69) is 53.4 Å². The van der Waals surface area contributed by atoms with Gasteiger partial charge in [0.1, 0.15) is 6.10 Å². The second-order valence-electron chi connectivity index (χ2n) is 11.0. The highest BCUT2D eigenvalue weighted by atomic mass is 16.6. The molecule has 0 spiro atoms. The number of benzene rings is 1. The van der Waals surface area contributed by atoms with Crippen LogP contribution in [0.1, 0.15) is 70.9 Å². The van der Waals surface area contributed by atoms with Gasteiger partial charge in [-0.3, -0.25) is 5.32 Å². The van der Waals surface area contributed by atoms with Gasteiger partial charge >= 0.3 is 6.09 Å². The Morgan fingerprint density at radius 3 is 2.62 bits per heavy atom. The Labute approximate surface area is 218 Å². The number of hydrogen-bond donors (Lipinski definition) is 2. The molecule has 0 saturated heterocycles. The average Bonchev–Trinajstić information content (AvgIpc) is 3.56. The molecule has 2 heterocycles. The zero-order chi connectivity index (χ0) is 25.5. The van der Waals surface area contributed by atoms with Crippen molar-refractivity contribution in [3.05, 3.63) is 40.4 Å². The molecule has 1 aliphatic heterocycles. The molecule has 37 heavy (non-hydrogen) atoms. The molecule has 6 rings (SSSR count). The standard InChI is InChI=1S/C30H38N4O3/c1-4-36-24-14-15-25-26(16-24)34(23-6-5-7-23)29(27(25)28-18(2)17-31-33-28)21-10-12-22(13-11-21)32-30(35)37-19(3)20-8-9-20/h10-13,15-16,18-20,23-24,31H,4-9,14,17H2,1-3H3,(H,32,35). The maximum absolute atomic E-state index is 12.4. The first-order valence-electron chi connectivity index (χ1n) is 14.0. The number of anilines is 1. The van der Waals surface area contributed by atoms with Crippen LogP contribution in [0.3, 0.4) is 0 Å². The van der Waals surface area contributed by atoms with Gasteiger partial charge in [0.2, 0.25) is 0 Å². The number of carbonyl (C=O) groups is 1. The van der Waals surface area contributed by atoms with E-state index >= 15 is 0 Å². The zero-order valence-corrected chi connectivity index (χ0v) is 22.1. The third-order valence-electron chi connectivity index (χ3n) is 8.30. The van der Waals surface area contributed by atoms with E-state index in [-0.39, 0.29) is 18.3 Å². The summed E-state index contributed by atoms with van der Waals surface area (Å²) in [5.74, 6) is 0.852. The van der Waals surface area contributed by atoms with Gasteiger partial charge in [-0.15, -0.1) is 0 Å². The monoisotopic (exact) mass is 502 g/mol. The molecule has 3 unspecified atom stereocenters. The minimum Gasteiger partial charge on any atom is -0.446 e. The van der Waals surface area contributed by atoms with Gasteiger partial charge in [0.05, 0.1) is 17.5 Å². The lowest BCUT2D eigenvalue weighted by Gasteiger charge is -2.30. The Balaban J connectivity index is 1.40. The van der Waals surface area contributed by atoms with Crippen molar-refractivity contribution in [1.82, 2.24) is 9.99 Å². The number of aromatic nitrogens is 1. The number of fused-ring (bicyclic) bond motifs is 1. The highest BCUT2D eigenvalue weighted by molar-refractivity contribution is 6.08. The molecular formula is C30H38N4O3. The van der Waals surface area contributed by atoms with Crippen LogP contribution in [0.25, 0.3) is 23.4 Å². The quantitative estimate of drug-likeness (QED) is 0.556. The smallest absolute Gasteiger partial charge is 0.411 e. The van der Waals surface area contributed by atoms with Crippen molar-refractivity contribution in [2.45, 2.75) is 77.5 Å². The number of ether oxygens (including phenoxy) is 2. The maximum Gasteiger partial charge on any atom is 0.411 e. The van der Waals surface area contributed by atoms with Gasteiger partial charge in [0.25, 0.3) is 0 Å². The first-order valence-corrected chi connectivity index (χ1v) is 14.0. The van der Waals surface area contributed by atoms with E-state index in [9.17, 15) is 4.79 Å². The highest BCUT2D eigenvalue weighted by Crippen LogP contribution is 2.37. The first kappa shape index (κ1) is 24.3. The Morgan fingerprint density at radius 1 is 1.22 bits per heavy atom. The Hall–Kier alpha value is -3.06. The Morgan fingerprint density at radius 2 is 2.00 bits per heavy atom. The predicted octanol–water partition coefficient (Wildman–Crippen LogP) is 4.54. The van der Waals surface area contributed by atoms with Crippen LogP contribution in [0, 0.1) is 11.8 Å². The third-order valence-corrected chi connectivity index (χ3v) is 8.30. The molecule has 1 amide bonds. The van der Waals surface area contributed by atoms with Crippen LogP contribution >= 0.6 is 0 Å². The summed E-state index contributed by atoms with van der Waals surface area (Å²) in [6, 6.07) is 8.67. The summed E-state index contributed by atoms with van der Waals surface area (Å²) in [6.45, 7) is 7.84. The van der Waals surface area contributed by atoms with E-state index in [0.717, 1.165) is 42.8 Å². The number of rotatable bonds is 8. The van der Waals surface area contributed by atoms with Gasteiger partial charge < -0.3 is 19.5 Å². The SMILES string of the molecule is CCOC1C=c2c(c(C3=NNCC3C)c(-c3ccc(NC(=O)OC(C)C4CC4)cc3)n2C2CCC2)=CC1. The summed E-state index contributed by atoms with van der Waals surface area (Å²) in [7, 11) is 0. The summed E-state index contributed by atoms with van der Waals surface area (Å²) >= 11 is 0. The van der Waals surface area contributed by atoms with Crippen LogP contribution in [0.2, 0.25) is 0 Å². The fourth-order valence-corrected chi connectivity index (χ4v) is 5.84. The molecule has 196 valence electrons. The average molecular weight is 503 g/mol. The van der Waals surface area contributed by atoms with E-state index in [1.807, 2.05) is 19.1 Å². The van der Waals surface area contributed by atoms with Gasteiger partial charge in [0.15, 0.2) is 0 Å². The van der Waals surface area contributed by atoms with Crippen LogP contribution in [-0.2, 0) is 9.47 Å². The van der Waals surface area contributed by atoms with Gasteiger partial charge in [-0.05, 0) is 82.1 Å². The summed E-state index contributed by atoms with van der Waals surface area (Å²) in [5, 5.41) is 10.2. The topological polar surface area (TPSA) is 76.9 Å².